The third kappa shape index (κ3) is 4.17. The maximum atomic E-state index is 4.90. The minimum atomic E-state index is 0.661. The normalized spacial score (nSPS) is 11.4. The van der Waals surface area contributed by atoms with Crippen LogP contribution >= 0.6 is 11.3 Å². The van der Waals surface area contributed by atoms with Gasteiger partial charge in [0.1, 0.15) is 0 Å². The molecule has 0 saturated heterocycles. The molecule has 8 rings (SSSR count). The van der Waals surface area contributed by atoms with E-state index in [1.54, 1.807) is 0 Å². The molecule has 0 spiro atoms. The Labute approximate surface area is 241 Å². The fourth-order valence-corrected chi connectivity index (χ4v) is 6.73. The molecular weight excluding hydrogens is 518 g/mol. The Bertz CT molecular complexity index is 2130. The molecule has 41 heavy (non-hydrogen) atoms. The van der Waals surface area contributed by atoms with Crippen LogP contribution < -0.4 is 0 Å². The second-order valence-electron chi connectivity index (χ2n) is 10.1. The molecule has 0 fully saturated rings. The number of hydrogen-bond acceptors (Lipinski definition) is 4. The van der Waals surface area contributed by atoms with Gasteiger partial charge in [-0.05, 0) is 34.0 Å². The van der Waals surface area contributed by atoms with Crippen LogP contribution in [-0.2, 0) is 0 Å². The maximum Gasteiger partial charge on any atom is 0.164 e. The summed E-state index contributed by atoms with van der Waals surface area (Å²) in [5, 5.41) is 5.21. The van der Waals surface area contributed by atoms with Gasteiger partial charge in [0.15, 0.2) is 17.5 Å². The molecular formula is C37H23N3S. The fourth-order valence-electron chi connectivity index (χ4n) is 5.56. The highest BCUT2D eigenvalue weighted by molar-refractivity contribution is 7.26. The van der Waals surface area contributed by atoms with Crippen molar-refractivity contribution in [2.24, 2.45) is 0 Å². The Kier molecular flexibility index (Phi) is 5.64. The van der Waals surface area contributed by atoms with Crippen molar-refractivity contribution < 1.29 is 0 Å². The minimum absolute atomic E-state index is 0.661. The number of benzene rings is 6. The van der Waals surface area contributed by atoms with Crippen molar-refractivity contribution in [2.75, 3.05) is 0 Å². The van der Waals surface area contributed by atoms with Crippen LogP contribution in [0.2, 0.25) is 0 Å². The van der Waals surface area contributed by atoms with Gasteiger partial charge in [-0.2, -0.15) is 0 Å². The van der Waals surface area contributed by atoms with Gasteiger partial charge in [0.05, 0.1) is 0 Å². The van der Waals surface area contributed by atoms with Crippen molar-refractivity contribution in [3.8, 4) is 45.3 Å². The van der Waals surface area contributed by atoms with Gasteiger partial charge in [0.2, 0.25) is 0 Å². The number of rotatable bonds is 4. The standard InChI is InChI=1S/C37H23N3S/c1-3-11-25(12-4-1)35-38-36(26-13-5-2-6-14-26)40-37(39-35)27-21-19-24(20-22-27)31-23-33-34(29-16-8-7-15-28(29)31)30-17-9-10-18-32(30)41-33/h1-23H. The lowest BCUT2D eigenvalue weighted by Crippen LogP contribution is -2.00. The van der Waals surface area contributed by atoms with Crippen LogP contribution in [0.5, 0.6) is 0 Å². The van der Waals surface area contributed by atoms with E-state index in [-0.39, 0.29) is 0 Å². The third-order valence-corrected chi connectivity index (χ3v) is 8.66. The van der Waals surface area contributed by atoms with Crippen molar-refractivity contribution in [3.05, 3.63) is 140 Å². The van der Waals surface area contributed by atoms with Crippen LogP contribution in [0, 0.1) is 0 Å². The van der Waals surface area contributed by atoms with E-state index in [0.717, 1.165) is 16.7 Å². The molecule has 8 aromatic rings. The van der Waals surface area contributed by atoms with Crippen molar-refractivity contribution >= 4 is 42.3 Å². The lowest BCUT2D eigenvalue weighted by atomic mass is 9.94. The summed E-state index contributed by atoms with van der Waals surface area (Å²) in [5.41, 5.74) is 5.29. The topological polar surface area (TPSA) is 38.7 Å². The van der Waals surface area contributed by atoms with E-state index in [1.165, 1.54) is 42.1 Å². The Morgan fingerprint density at radius 3 is 1.44 bits per heavy atom. The third-order valence-electron chi connectivity index (χ3n) is 7.54. The van der Waals surface area contributed by atoms with Gasteiger partial charge in [-0.1, -0.05) is 127 Å². The maximum absolute atomic E-state index is 4.90. The average Bonchev–Trinajstić information content (AvgIpc) is 3.44. The molecule has 2 aromatic heterocycles. The zero-order chi connectivity index (χ0) is 27.2. The van der Waals surface area contributed by atoms with Gasteiger partial charge in [-0.3, -0.25) is 0 Å². The Hall–Kier alpha value is -5.19. The second-order valence-corrected chi connectivity index (χ2v) is 11.1. The molecule has 6 aromatic carbocycles. The summed E-state index contributed by atoms with van der Waals surface area (Å²) in [5.74, 6) is 1.99. The number of nitrogens with zero attached hydrogens (tertiary/aromatic N) is 3. The summed E-state index contributed by atoms with van der Waals surface area (Å²) in [7, 11) is 0. The molecule has 0 unspecified atom stereocenters. The summed E-state index contributed by atoms with van der Waals surface area (Å²) in [6, 6.07) is 48.6. The van der Waals surface area contributed by atoms with E-state index < -0.39 is 0 Å². The first-order chi connectivity index (χ1) is 20.3. The van der Waals surface area contributed by atoms with Crippen LogP contribution in [0.3, 0.4) is 0 Å². The summed E-state index contributed by atoms with van der Waals surface area (Å²) in [6.07, 6.45) is 0. The fraction of sp³-hybridized carbons (Fsp3) is 0. The molecule has 0 aliphatic heterocycles. The van der Waals surface area contributed by atoms with Crippen molar-refractivity contribution in [1.82, 2.24) is 15.0 Å². The largest absolute Gasteiger partial charge is 0.208 e. The highest BCUT2D eigenvalue weighted by atomic mass is 32.1. The Balaban J connectivity index is 1.27. The second kappa shape index (κ2) is 9.77. The van der Waals surface area contributed by atoms with E-state index in [0.29, 0.717) is 17.5 Å². The lowest BCUT2D eigenvalue weighted by molar-refractivity contribution is 1.07. The molecule has 0 amide bonds. The quantitative estimate of drug-likeness (QED) is 0.222. The first-order valence-corrected chi connectivity index (χ1v) is 14.4. The Morgan fingerprint density at radius 1 is 0.366 bits per heavy atom. The molecule has 192 valence electrons. The van der Waals surface area contributed by atoms with Gasteiger partial charge in [-0.25, -0.2) is 15.0 Å². The van der Waals surface area contributed by atoms with Gasteiger partial charge in [-0.15, -0.1) is 11.3 Å². The zero-order valence-corrected chi connectivity index (χ0v) is 22.8. The Morgan fingerprint density at radius 2 is 0.829 bits per heavy atom. The first kappa shape index (κ1) is 23.7. The number of fused-ring (bicyclic) bond motifs is 5. The van der Waals surface area contributed by atoms with E-state index >= 15 is 0 Å². The van der Waals surface area contributed by atoms with Crippen LogP contribution in [-0.4, -0.2) is 15.0 Å². The summed E-state index contributed by atoms with van der Waals surface area (Å²) in [6.45, 7) is 0. The molecule has 0 bridgehead atoms. The summed E-state index contributed by atoms with van der Waals surface area (Å²) < 4.78 is 2.62. The van der Waals surface area contributed by atoms with E-state index in [9.17, 15) is 0 Å². The highest BCUT2D eigenvalue weighted by Gasteiger charge is 2.15. The van der Waals surface area contributed by atoms with Crippen LogP contribution in [0.1, 0.15) is 0 Å². The number of aromatic nitrogens is 3. The molecule has 0 radical (unpaired) electrons. The molecule has 0 aliphatic carbocycles. The van der Waals surface area contributed by atoms with Crippen LogP contribution in [0.25, 0.3) is 76.2 Å². The molecule has 2 heterocycles. The number of thiophene rings is 1. The van der Waals surface area contributed by atoms with Crippen molar-refractivity contribution in [1.29, 1.82) is 0 Å². The van der Waals surface area contributed by atoms with E-state index in [4.69, 9.17) is 15.0 Å². The smallest absolute Gasteiger partial charge is 0.164 e. The molecule has 3 nitrogen and oxygen atoms in total. The first-order valence-electron chi connectivity index (χ1n) is 13.6. The average molecular weight is 542 g/mol. The van der Waals surface area contributed by atoms with Crippen LogP contribution in [0.4, 0.5) is 0 Å². The number of hydrogen-bond donors (Lipinski definition) is 0. The highest BCUT2D eigenvalue weighted by Crippen LogP contribution is 2.42. The zero-order valence-electron chi connectivity index (χ0n) is 22.0. The van der Waals surface area contributed by atoms with Gasteiger partial charge >= 0.3 is 0 Å². The van der Waals surface area contributed by atoms with Crippen LogP contribution in [0.15, 0.2) is 140 Å². The predicted molar refractivity (Wildman–Crippen MR) is 172 cm³/mol. The predicted octanol–water partition coefficient (Wildman–Crippen LogP) is 10.1. The lowest BCUT2D eigenvalue weighted by Gasteiger charge is -2.11. The molecule has 0 atom stereocenters. The van der Waals surface area contributed by atoms with E-state index in [2.05, 4.69) is 78.9 Å². The van der Waals surface area contributed by atoms with Crippen molar-refractivity contribution in [2.45, 2.75) is 0 Å². The van der Waals surface area contributed by atoms with E-state index in [1.807, 2.05) is 72.0 Å². The molecule has 0 aliphatic rings. The van der Waals surface area contributed by atoms with Gasteiger partial charge < -0.3 is 0 Å². The summed E-state index contributed by atoms with van der Waals surface area (Å²) in [4.78, 5) is 14.6. The monoisotopic (exact) mass is 541 g/mol. The molecule has 0 N–H and O–H groups in total. The molecule has 0 saturated carbocycles. The SMILES string of the molecule is c1ccc(-c2nc(-c3ccccc3)nc(-c3ccc(-c4cc5sc6ccccc6c5c5ccccc45)cc3)n2)cc1. The van der Waals surface area contributed by atoms with Gasteiger partial charge in [0, 0.05) is 36.9 Å². The molecule has 4 heteroatoms. The van der Waals surface area contributed by atoms with Gasteiger partial charge in [0.25, 0.3) is 0 Å². The van der Waals surface area contributed by atoms with Crippen molar-refractivity contribution in [3.63, 3.8) is 0 Å². The minimum Gasteiger partial charge on any atom is -0.208 e. The summed E-state index contributed by atoms with van der Waals surface area (Å²) >= 11 is 1.86.